The zero-order valence-electron chi connectivity index (χ0n) is 15.4. The van der Waals surface area contributed by atoms with E-state index in [9.17, 15) is 4.79 Å². The van der Waals surface area contributed by atoms with Crippen LogP contribution in [0.2, 0.25) is 25.7 Å². The van der Waals surface area contributed by atoms with Crippen molar-refractivity contribution in [3.8, 4) is 0 Å². The second kappa shape index (κ2) is 8.39. The lowest BCUT2D eigenvalue weighted by atomic mass is 9.79. The molecule has 0 spiro atoms. The van der Waals surface area contributed by atoms with Gasteiger partial charge in [0.25, 0.3) is 0 Å². The predicted octanol–water partition coefficient (Wildman–Crippen LogP) is 3.08. The summed E-state index contributed by atoms with van der Waals surface area (Å²) >= 11 is 1.27. The molecule has 0 N–H and O–H groups in total. The van der Waals surface area contributed by atoms with E-state index in [1.54, 1.807) is 4.68 Å². The maximum absolute atomic E-state index is 12.2. The van der Waals surface area contributed by atoms with Gasteiger partial charge in [0, 0.05) is 27.0 Å². The summed E-state index contributed by atoms with van der Waals surface area (Å²) in [7, 11) is -1.10. The average molecular weight is 359 g/mol. The van der Waals surface area contributed by atoms with E-state index in [4.69, 9.17) is 4.74 Å². The molecule has 0 aliphatic rings. The molecule has 0 amide bonds. The van der Waals surface area contributed by atoms with Crippen LogP contribution in [-0.2, 0) is 22.7 Å². The van der Waals surface area contributed by atoms with Crippen LogP contribution in [0.3, 0.4) is 0 Å². The molecule has 8 heteroatoms. The summed E-state index contributed by atoms with van der Waals surface area (Å²) in [6.07, 6.45) is 2.36. The number of carbonyl (C=O) groups excluding carboxylic acids is 1. The summed E-state index contributed by atoms with van der Waals surface area (Å²) in [5, 5.41) is 12.0. The van der Waals surface area contributed by atoms with Crippen LogP contribution >= 0.6 is 11.8 Å². The Morgan fingerprint density at radius 1 is 1.35 bits per heavy atom. The minimum absolute atomic E-state index is 0.121. The van der Waals surface area contributed by atoms with E-state index in [-0.39, 0.29) is 16.4 Å². The fourth-order valence-electron chi connectivity index (χ4n) is 2.07. The largest absolute Gasteiger partial charge is 0.359 e. The first kappa shape index (κ1) is 20.3. The number of tetrazole rings is 1. The maximum Gasteiger partial charge on any atom is 0.192 e. The van der Waals surface area contributed by atoms with Crippen molar-refractivity contribution in [3.05, 3.63) is 5.82 Å². The Kier molecular flexibility index (Phi) is 7.41. The zero-order valence-corrected chi connectivity index (χ0v) is 17.2. The number of thioether (sulfide) groups is 1. The normalized spacial score (nSPS) is 14.0. The molecular formula is C15H30N4O2SSi. The van der Waals surface area contributed by atoms with Gasteiger partial charge in [-0.1, -0.05) is 52.2 Å². The molecule has 1 aromatic rings. The Balaban J connectivity index is 2.68. The van der Waals surface area contributed by atoms with Crippen molar-refractivity contribution in [3.63, 3.8) is 0 Å². The lowest BCUT2D eigenvalue weighted by molar-refractivity contribution is -0.117. The van der Waals surface area contributed by atoms with Crippen molar-refractivity contribution < 1.29 is 9.53 Å². The molecule has 1 rings (SSSR count). The molecule has 23 heavy (non-hydrogen) atoms. The van der Waals surface area contributed by atoms with E-state index in [1.165, 1.54) is 11.8 Å². The highest BCUT2D eigenvalue weighted by Crippen LogP contribution is 2.32. The molecular weight excluding hydrogens is 328 g/mol. The number of aromatic nitrogens is 4. The molecule has 1 heterocycles. The van der Waals surface area contributed by atoms with E-state index in [1.807, 2.05) is 6.26 Å². The standard InChI is InChI=1S/C15H30N4O2SSi/c1-15(2,3)12(14(20)22-4)10-13-16-17-18-19(13)11-21-8-9-23(5,6)7/h12H,8-11H2,1-7H3/t12-/m0/s1. The molecule has 1 aromatic heterocycles. The molecule has 0 aromatic carbocycles. The fourth-order valence-corrected chi connectivity index (χ4v) is 3.55. The number of carbonyl (C=O) groups is 1. The molecule has 0 saturated heterocycles. The van der Waals surface area contributed by atoms with Crippen molar-refractivity contribution in [1.29, 1.82) is 0 Å². The molecule has 0 saturated carbocycles. The van der Waals surface area contributed by atoms with Crippen LogP contribution in [0, 0.1) is 11.3 Å². The Labute approximate surface area is 144 Å². The third-order valence-corrected chi connectivity index (χ3v) is 6.12. The average Bonchev–Trinajstić information content (AvgIpc) is 2.85. The van der Waals surface area contributed by atoms with Gasteiger partial charge < -0.3 is 4.74 Å². The second-order valence-electron chi connectivity index (χ2n) is 8.09. The summed E-state index contributed by atoms with van der Waals surface area (Å²) in [6, 6.07) is 1.11. The summed E-state index contributed by atoms with van der Waals surface area (Å²) in [6.45, 7) is 14.3. The number of ether oxygens (including phenoxy) is 1. The summed E-state index contributed by atoms with van der Waals surface area (Å²) in [4.78, 5) is 12.2. The Bertz CT molecular complexity index is 508. The van der Waals surface area contributed by atoms with Gasteiger partial charge in [-0.05, 0) is 28.1 Å². The first-order valence-electron chi connectivity index (χ1n) is 7.95. The maximum atomic E-state index is 12.2. The molecule has 0 unspecified atom stereocenters. The quantitative estimate of drug-likeness (QED) is 0.525. The summed E-state index contributed by atoms with van der Waals surface area (Å²) < 4.78 is 7.38. The monoisotopic (exact) mass is 358 g/mol. The Hall–Kier alpha value is -0.733. The molecule has 132 valence electrons. The van der Waals surface area contributed by atoms with Gasteiger partial charge in [0.15, 0.2) is 10.9 Å². The van der Waals surface area contributed by atoms with E-state index >= 15 is 0 Å². The van der Waals surface area contributed by atoms with E-state index in [0.29, 0.717) is 19.0 Å². The van der Waals surface area contributed by atoms with Crippen molar-refractivity contribution >= 4 is 25.0 Å². The number of hydrogen-bond acceptors (Lipinski definition) is 6. The predicted molar refractivity (Wildman–Crippen MR) is 97.1 cm³/mol. The molecule has 6 nitrogen and oxygen atoms in total. The molecule has 0 aliphatic heterocycles. The molecule has 0 bridgehead atoms. The summed E-state index contributed by atoms with van der Waals surface area (Å²) in [5.74, 6) is 0.588. The van der Waals surface area contributed by atoms with Gasteiger partial charge >= 0.3 is 0 Å². The first-order chi connectivity index (χ1) is 10.5. The van der Waals surface area contributed by atoms with Crippen LogP contribution in [0.1, 0.15) is 26.6 Å². The highest BCUT2D eigenvalue weighted by Gasteiger charge is 2.32. The summed E-state index contributed by atoms with van der Waals surface area (Å²) in [5.41, 5.74) is -0.129. The van der Waals surface area contributed by atoms with Gasteiger partial charge in [-0.2, -0.15) is 0 Å². The first-order valence-corrected chi connectivity index (χ1v) is 12.9. The molecule has 0 radical (unpaired) electrons. The second-order valence-corrected chi connectivity index (χ2v) is 14.5. The van der Waals surface area contributed by atoms with E-state index in [0.717, 1.165) is 12.7 Å². The molecule has 1 atom stereocenters. The number of rotatable bonds is 8. The van der Waals surface area contributed by atoms with Gasteiger partial charge in [0.05, 0.1) is 0 Å². The van der Waals surface area contributed by atoms with Crippen LogP contribution in [-0.4, -0.2) is 46.3 Å². The van der Waals surface area contributed by atoms with Crippen LogP contribution < -0.4 is 0 Å². The van der Waals surface area contributed by atoms with Crippen LogP contribution in [0.25, 0.3) is 0 Å². The van der Waals surface area contributed by atoms with Crippen molar-refractivity contribution in [2.45, 2.75) is 59.6 Å². The Morgan fingerprint density at radius 3 is 2.52 bits per heavy atom. The number of hydrogen-bond donors (Lipinski definition) is 0. The van der Waals surface area contributed by atoms with Gasteiger partial charge in [-0.15, -0.1) is 5.10 Å². The Morgan fingerprint density at radius 2 is 2.00 bits per heavy atom. The van der Waals surface area contributed by atoms with Gasteiger partial charge in [0.1, 0.15) is 6.73 Å². The van der Waals surface area contributed by atoms with Crippen molar-refractivity contribution in [1.82, 2.24) is 20.2 Å². The zero-order chi connectivity index (χ0) is 17.7. The van der Waals surface area contributed by atoms with Crippen LogP contribution in [0.4, 0.5) is 0 Å². The lowest BCUT2D eigenvalue weighted by Gasteiger charge is -2.28. The highest BCUT2D eigenvalue weighted by atomic mass is 32.2. The lowest BCUT2D eigenvalue weighted by Crippen LogP contribution is -2.30. The van der Waals surface area contributed by atoms with E-state index in [2.05, 4.69) is 55.9 Å². The number of nitrogens with zero attached hydrogens (tertiary/aromatic N) is 4. The van der Waals surface area contributed by atoms with Gasteiger partial charge in [-0.3, -0.25) is 4.79 Å². The van der Waals surface area contributed by atoms with Gasteiger partial charge in [-0.25, -0.2) is 4.68 Å². The topological polar surface area (TPSA) is 69.9 Å². The molecule has 0 fully saturated rings. The van der Waals surface area contributed by atoms with E-state index < -0.39 is 8.07 Å². The van der Waals surface area contributed by atoms with Crippen LogP contribution in [0.5, 0.6) is 0 Å². The SMILES string of the molecule is CSC(=O)[C@H](Cc1nnnn1COCC[Si](C)(C)C)C(C)(C)C. The fraction of sp³-hybridized carbons (Fsp3) is 0.867. The smallest absolute Gasteiger partial charge is 0.192 e. The third kappa shape index (κ3) is 7.13. The molecule has 0 aliphatic carbocycles. The van der Waals surface area contributed by atoms with Crippen molar-refractivity contribution in [2.24, 2.45) is 11.3 Å². The van der Waals surface area contributed by atoms with Crippen LogP contribution in [0.15, 0.2) is 0 Å². The van der Waals surface area contributed by atoms with Crippen molar-refractivity contribution in [2.75, 3.05) is 12.9 Å². The van der Waals surface area contributed by atoms with Gasteiger partial charge in [0.2, 0.25) is 0 Å². The minimum Gasteiger partial charge on any atom is -0.359 e. The third-order valence-electron chi connectivity index (χ3n) is 3.73. The minimum atomic E-state index is -1.10. The highest BCUT2D eigenvalue weighted by molar-refractivity contribution is 8.13.